The molecule has 6 nitrogen and oxygen atoms in total. The van der Waals surface area contributed by atoms with E-state index in [0.29, 0.717) is 29.9 Å². The van der Waals surface area contributed by atoms with Gasteiger partial charge in [0, 0.05) is 41.9 Å². The number of rotatable bonds is 5. The van der Waals surface area contributed by atoms with E-state index in [-0.39, 0.29) is 17.7 Å². The highest BCUT2D eigenvalue weighted by molar-refractivity contribution is 6.04. The van der Waals surface area contributed by atoms with Crippen LogP contribution in [-0.4, -0.2) is 29.2 Å². The van der Waals surface area contributed by atoms with Crippen LogP contribution in [0.25, 0.3) is 0 Å². The highest BCUT2D eigenvalue weighted by Crippen LogP contribution is 2.20. The highest BCUT2D eigenvalue weighted by Gasteiger charge is 2.21. The summed E-state index contributed by atoms with van der Waals surface area (Å²) in [4.78, 5) is 38.3. The van der Waals surface area contributed by atoms with E-state index in [1.807, 2.05) is 43.9 Å². The fraction of sp³-hybridized carbons (Fsp3) is 0.348. The van der Waals surface area contributed by atoms with Gasteiger partial charge < -0.3 is 15.5 Å². The molecule has 0 aromatic heterocycles. The first-order chi connectivity index (χ1) is 13.7. The Labute approximate surface area is 171 Å². The average Bonchev–Trinajstić information content (AvgIpc) is 3.07. The van der Waals surface area contributed by atoms with Gasteiger partial charge in [0.1, 0.15) is 0 Å². The highest BCUT2D eigenvalue weighted by atomic mass is 16.2. The lowest BCUT2D eigenvalue weighted by atomic mass is 9.95. The second kappa shape index (κ2) is 8.47. The zero-order chi connectivity index (χ0) is 21.0. The van der Waals surface area contributed by atoms with Gasteiger partial charge in [0.2, 0.25) is 11.8 Å². The van der Waals surface area contributed by atoms with E-state index in [9.17, 15) is 14.4 Å². The van der Waals surface area contributed by atoms with Gasteiger partial charge in [-0.1, -0.05) is 32.9 Å². The largest absolute Gasteiger partial charge is 0.338 e. The van der Waals surface area contributed by atoms with Crippen LogP contribution in [0.1, 0.15) is 49.5 Å². The summed E-state index contributed by atoms with van der Waals surface area (Å²) in [5.74, 6) is -0.118. The van der Waals surface area contributed by atoms with Crippen molar-refractivity contribution in [2.24, 2.45) is 5.41 Å². The van der Waals surface area contributed by atoms with Crippen molar-refractivity contribution in [2.45, 2.75) is 40.2 Å². The van der Waals surface area contributed by atoms with Crippen LogP contribution in [0, 0.1) is 5.41 Å². The molecule has 0 saturated carbocycles. The van der Waals surface area contributed by atoms with Crippen molar-refractivity contribution in [2.75, 3.05) is 17.2 Å². The number of benzene rings is 2. The zero-order valence-corrected chi connectivity index (χ0v) is 17.1. The molecule has 0 bridgehead atoms. The van der Waals surface area contributed by atoms with Gasteiger partial charge in [-0.25, -0.2) is 0 Å². The first kappa shape index (κ1) is 20.6. The molecular formula is C23H27N3O3. The molecule has 3 rings (SSSR count). The molecule has 1 heterocycles. The minimum atomic E-state index is -0.475. The Morgan fingerprint density at radius 1 is 1.00 bits per heavy atom. The van der Waals surface area contributed by atoms with Gasteiger partial charge in [0.25, 0.3) is 5.91 Å². The van der Waals surface area contributed by atoms with Crippen LogP contribution in [0.5, 0.6) is 0 Å². The van der Waals surface area contributed by atoms with Crippen molar-refractivity contribution in [3.05, 3.63) is 59.7 Å². The smallest absolute Gasteiger partial charge is 0.255 e. The quantitative estimate of drug-likeness (QED) is 0.804. The molecule has 0 aliphatic carbocycles. The third-order valence-electron chi connectivity index (χ3n) is 4.82. The van der Waals surface area contributed by atoms with Crippen LogP contribution >= 0.6 is 0 Å². The van der Waals surface area contributed by atoms with Crippen LogP contribution in [0.3, 0.4) is 0 Å². The molecule has 0 unspecified atom stereocenters. The first-order valence-corrected chi connectivity index (χ1v) is 9.82. The number of amides is 3. The molecule has 1 aliphatic heterocycles. The van der Waals surface area contributed by atoms with Gasteiger partial charge in [-0.2, -0.15) is 0 Å². The Hall–Kier alpha value is -3.15. The van der Waals surface area contributed by atoms with Crippen LogP contribution in [0.2, 0.25) is 0 Å². The molecule has 3 amide bonds. The monoisotopic (exact) mass is 393 g/mol. The van der Waals surface area contributed by atoms with Crippen LogP contribution in [0.15, 0.2) is 48.5 Å². The molecule has 0 radical (unpaired) electrons. The fourth-order valence-corrected chi connectivity index (χ4v) is 3.06. The predicted octanol–water partition coefficient (Wildman–Crippen LogP) is 4.05. The molecule has 2 aromatic carbocycles. The van der Waals surface area contributed by atoms with Gasteiger partial charge in [-0.05, 0) is 48.4 Å². The zero-order valence-electron chi connectivity index (χ0n) is 17.1. The number of nitrogens with zero attached hydrogens (tertiary/aromatic N) is 1. The molecule has 6 heteroatoms. The third-order valence-corrected chi connectivity index (χ3v) is 4.82. The Balaban J connectivity index is 1.62. The van der Waals surface area contributed by atoms with E-state index >= 15 is 0 Å². The summed E-state index contributed by atoms with van der Waals surface area (Å²) in [7, 11) is 0. The van der Waals surface area contributed by atoms with Crippen molar-refractivity contribution in [1.29, 1.82) is 0 Å². The fourth-order valence-electron chi connectivity index (χ4n) is 3.06. The standard InChI is InChI=1S/C23H27N3O3/c1-23(2,3)22(29)25-19-11-9-18(10-12-19)24-21(28)17-7-4-6-16(14-17)15-26-13-5-8-20(26)27/h4,6-7,9-12,14H,5,8,13,15H2,1-3H3,(H,24,28)(H,25,29). The SMILES string of the molecule is CC(C)(C)C(=O)Nc1ccc(NC(=O)c2cccc(CN3CCCC3=O)c2)cc1. The van der Waals surface area contributed by atoms with Crippen molar-refractivity contribution in [3.8, 4) is 0 Å². The summed E-state index contributed by atoms with van der Waals surface area (Å²) in [6.45, 7) is 6.86. The van der Waals surface area contributed by atoms with Crippen LogP contribution < -0.4 is 10.6 Å². The summed E-state index contributed by atoms with van der Waals surface area (Å²) < 4.78 is 0. The van der Waals surface area contributed by atoms with Gasteiger partial charge in [0.15, 0.2) is 0 Å². The number of hydrogen-bond donors (Lipinski definition) is 2. The summed E-state index contributed by atoms with van der Waals surface area (Å²) in [5.41, 5.74) is 2.33. The Morgan fingerprint density at radius 2 is 1.66 bits per heavy atom. The van der Waals surface area contributed by atoms with E-state index in [1.165, 1.54) is 0 Å². The molecule has 152 valence electrons. The van der Waals surface area contributed by atoms with E-state index in [0.717, 1.165) is 18.5 Å². The van der Waals surface area contributed by atoms with Gasteiger partial charge in [-0.15, -0.1) is 0 Å². The molecule has 1 aliphatic rings. The van der Waals surface area contributed by atoms with E-state index < -0.39 is 5.41 Å². The minimum absolute atomic E-state index is 0.0671. The van der Waals surface area contributed by atoms with E-state index in [2.05, 4.69) is 10.6 Å². The minimum Gasteiger partial charge on any atom is -0.338 e. The number of hydrogen-bond acceptors (Lipinski definition) is 3. The Morgan fingerprint density at radius 3 is 2.24 bits per heavy atom. The Bertz CT molecular complexity index is 914. The first-order valence-electron chi connectivity index (χ1n) is 9.82. The number of nitrogens with one attached hydrogen (secondary N) is 2. The van der Waals surface area contributed by atoms with Crippen molar-refractivity contribution in [1.82, 2.24) is 4.90 Å². The number of likely N-dealkylation sites (tertiary alicyclic amines) is 1. The van der Waals surface area contributed by atoms with Crippen molar-refractivity contribution >= 4 is 29.1 Å². The Kier molecular flexibility index (Phi) is 6.01. The molecule has 0 spiro atoms. The molecular weight excluding hydrogens is 366 g/mol. The average molecular weight is 393 g/mol. The molecule has 29 heavy (non-hydrogen) atoms. The molecule has 2 aromatic rings. The predicted molar refractivity (Wildman–Crippen MR) is 114 cm³/mol. The summed E-state index contributed by atoms with van der Waals surface area (Å²) in [6.07, 6.45) is 1.50. The number of carbonyl (C=O) groups is 3. The molecule has 2 N–H and O–H groups in total. The maximum atomic E-state index is 12.6. The second-order valence-electron chi connectivity index (χ2n) is 8.35. The van der Waals surface area contributed by atoms with Crippen molar-refractivity contribution in [3.63, 3.8) is 0 Å². The van der Waals surface area contributed by atoms with Gasteiger partial charge in [-0.3, -0.25) is 14.4 Å². The lowest BCUT2D eigenvalue weighted by Crippen LogP contribution is -2.27. The second-order valence-corrected chi connectivity index (χ2v) is 8.35. The number of carbonyl (C=O) groups excluding carboxylic acids is 3. The van der Waals surface area contributed by atoms with Gasteiger partial charge in [0.05, 0.1) is 0 Å². The maximum Gasteiger partial charge on any atom is 0.255 e. The topological polar surface area (TPSA) is 78.5 Å². The number of anilines is 2. The lowest BCUT2D eigenvalue weighted by Gasteiger charge is -2.18. The third kappa shape index (κ3) is 5.44. The summed E-state index contributed by atoms with van der Waals surface area (Å²) in [5, 5.41) is 5.72. The van der Waals surface area contributed by atoms with Gasteiger partial charge >= 0.3 is 0 Å². The van der Waals surface area contributed by atoms with E-state index in [1.54, 1.807) is 30.3 Å². The maximum absolute atomic E-state index is 12.6. The molecule has 1 fully saturated rings. The van der Waals surface area contributed by atoms with Crippen molar-refractivity contribution < 1.29 is 14.4 Å². The summed E-state index contributed by atoms with van der Waals surface area (Å²) >= 11 is 0. The molecule has 0 atom stereocenters. The van der Waals surface area contributed by atoms with E-state index in [4.69, 9.17) is 0 Å². The lowest BCUT2D eigenvalue weighted by molar-refractivity contribution is -0.128. The normalized spacial score (nSPS) is 14.0. The van der Waals surface area contributed by atoms with Crippen LogP contribution in [0.4, 0.5) is 11.4 Å². The van der Waals surface area contributed by atoms with Crippen LogP contribution in [-0.2, 0) is 16.1 Å². The summed E-state index contributed by atoms with van der Waals surface area (Å²) in [6, 6.07) is 14.3. The molecule has 1 saturated heterocycles.